The molecule has 0 spiro atoms. The number of nitrogens with one attached hydrogen (secondary N) is 1. The molecule has 0 unspecified atom stereocenters. The molecular weight excluding hydrogens is 176 g/mol. The Morgan fingerprint density at radius 2 is 1.77 bits per heavy atom. The first-order valence-electron chi connectivity index (χ1n) is 3.99. The fraction of sp³-hybridized carbons (Fsp3) is 0.333. The zero-order chi connectivity index (χ0) is 9.68. The molecule has 0 fully saturated rings. The van der Waals surface area contributed by atoms with Crippen LogP contribution in [0.3, 0.4) is 0 Å². The maximum atomic E-state index is 12.6. The Morgan fingerprint density at radius 3 is 2.31 bits per heavy atom. The van der Waals surface area contributed by atoms with Crippen LogP contribution in [-0.2, 0) is 6.54 Å². The van der Waals surface area contributed by atoms with E-state index >= 15 is 0 Å². The summed E-state index contributed by atoms with van der Waals surface area (Å²) in [5.41, 5.74) is 0.533. The van der Waals surface area contributed by atoms with E-state index in [0.717, 1.165) is 6.07 Å². The van der Waals surface area contributed by atoms with E-state index in [9.17, 15) is 8.78 Å². The van der Waals surface area contributed by atoms with Gasteiger partial charge in [0.25, 0.3) is 0 Å². The average Bonchev–Trinajstić information content (AvgIpc) is 2.03. The van der Waals surface area contributed by atoms with Crippen molar-refractivity contribution in [1.29, 1.82) is 0 Å². The van der Waals surface area contributed by atoms with Crippen LogP contribution in [0.5, 0.6) is 0 Å². The monoisotopic (exact) mass is 187 g/mol. The van der Waals surface area contributed by atoms with Crippen LogP contribution in [0.4, 0.5) is 8.78 Å². The fourth-order valence-electron chi connectivity index (χ4n) is 1.02. The van der Waals surface area contributed by atoms with Crippen LogP contribution in [0.25, 0.3) is 0 Å². The van der Waals surface area contributed by atoms with Gasteiger partial charge in [-0.15, -0.1) is 0 Å². The molecular formula is C9H11F2NO. The van der Waals surface area contributed by atoms with Crippen molar-refractivity contribution in [2.45, 2.75) is 6.54 Å². The normalized spacial score (nSPS) is 10.4. The predicted molar refractivity (Wildman–Crippen MR) is 45.2 cm³/mol. The highest BCUT2D eigenvalue weighted by molar-refractivity contribution is 5.17. The lowest BCUT2D eigenvalue weighted by Gasteiger charge is -2.02. The van der Waals surface area contributed by atoms with Crippen LogP contribution in [0.2, 0.25) is 0 Å². The molecule has 0 heterocycles. The molecule has 72 valence electrons. The number of hydrogen-bond donors (Lipinski definition) is 2. The molecule has 0 aliphatic heterocycles. The second kappa shape index (κ2) is 4.89. The first kappa shape index (κ1) is 10.1. The van der Waals surface area contributed by atoms with E-state index in [2.05, 4.69) is 5.32 Å². The maximum Gasteiger partial charge on any atom is 0.126 e. The van der Waals surface area contributed by atoms with Crippen LogP contribution < -0.4 is 5.32 Å². The Bertz CT molecular complexity index is 258. The van der Waals surface area contributed by atoms with Crippen LogP contribution >= 0.6 is 0 Å². The van der Waals surface area contributed by atoms with Gasteiger partial charge in [0.2, 0.25) is 0 Å². The van der Waals surface area contributed by atoms with Gasteiger partial charge in [0.15, 0.2) is 0 Å². The lowest BCUT2D eigenvalue weighted by atomic mass is 10.2. The van der Waals surface area contributed by atoms with E-state index in [1.165, 1.54) is 12.1 Å². The zero-order valence-electron chi connectivity index (χ0n) is 7.06. The summed E-state index contributed by atoms with van der Waals surface area (Å²) in [7, 11) is 0. The fourth-order valence-corrected chi connectivity index (χ4v) is 1.02. The van der Waals surface area contributed by atoms with Crippen molar-refractivity contribution in [2.24, 2.45) is 0 Å². The number of halogens is 2. The smallest absolute Gasteiger partial charge is 0.126 e. The minimum absolute atomic E-state index is 0.0117. The minimum atomic E-state index is -0.583. The van der Waals surface area contributed by atoms with Crippen molar-refractivity contribution in [3.63, 3.8) is 0 Å². The first-order valence-corrected chi connectivity index (χ1v) is 3.99. The summed E-state index contributed by atoms with van der Waals surface area (Å²) in [6.45, 7) is 0.783. The van der Waals surface area contributed by atoms with E-state index < -0.39 is 11.6 Å². The lowest BCUT2D eigenvalue weighted by Crippen LogP contribution is -2.17. The van der Waals surface area contributed by atoms with Gasteiger partial charge in [-0.1, -0.05) is 0 Å². The highest BCUT2D eigenvalue weighted by Crippen LogP contribution is 2.07. The summed E-state index contributed by atoms with van der Waals surface area (Å²) >= 11 is 0. The van der Waals surface area contributed by atoms with Gasteiger partial charge >= 0.3 is 0 Å². The number of aliphatic hydroxyl groups excluding tert-OH is 1. The molecule has 0 aliphatic rings. The Balaban J connectivity index is 2.56. The minimum Gasteiger partial charge on any atom is -0.395 e. The third-order valence-electron chi connectivity index (χ3n) is 1.54. The van der Waals surface area contributed by atoms with Crippen molar-refractivity contribution in [3.8, 4) is 0 Å². The van der Waals surface area contributed by atoms with Gasteiger partial charge < -0.3 is 10.4 Å². The third-order valence-corrected chi connectivity index (χ3v) is 1.54. The van der Waals surface area contributed by atoms with Gasteiger partial charge in [0.1, 0.15) is 11.6 Å². The quantitative estimate of drug-likeness (QED) is 0.690. The third kappa shape index (κ3) is 3.48. The molecule has 0 bridgehead atoms. The molecule has 4 heteroatoms. The highest BCUT2D eigenvalue weighted by atomic mass is 19.1. The second-order valence-electron chi connectivity index (χ2n) is 2.68. The maximum absolute atomic E-state index is 12.6. The van der Waals surface area contributed by atoms with Gasteiger partial charge in [0.05, 0.1) is 6.61 Å². The molecule has 0 saturated carbocycles. The molecule has 0 aromatic heterocycles. The van der Waals surface area contributed by atoms with Gasteiger partial charge in [-0.05, 0) is 17.7 Å². The Kier molecular flexibility index (Phi) is 3.79. The summed E-state index contributed by atoms with van der Waals surface area (Å²) < 4.78 is 25.2. The van der Waals surface area contributed by atoms with Crippen LogP contribution in [-0.4, -0.2) is 18.3 Å². The second-order valence-corrected chi connectivity index (χ2v) is 2.68. The topological polar surface area (TPSA) is 32.3 Å². The summed E-state index contributed by atoms with van der Waals surface area (Å²) in [6, 6.07) is 3.34. The number of rotatable bonds is 4. The molecule has 2 N–H and O–H groups in total. The largest absolute Gasteiger partial charge is 0.395 e. The molecule has 0 aliphatic carbocycles. The first-order chi connectivity index (χ1) is 6.22. The van der Waals surface area contributed by atoms with Gasteiger partial charge in [0, 0.05) is 19.2 Å². The highest BCUT2D eigenvalue weighted by Gasteiger charge is 1.99. The van der Waals surface area contributed by atoms with E-state index in [1.807, 2.05) is 0 Å². The van der Waals surface area contributed by atoms with Crippen molar-refractivity contribution in [1.82, 2.24) is 5.32 Å². The number of benzene rings is 1. The molecule has 2 nitrogen and oxygen atoms in total. The van der Waals surface area contributed by atoms with Crippen LogP contribution in [0, 0.1) is 11.6 Å². The molecule has 1 rings (SSSR count). The van der Waals surface area contributed by atoms with Crippen molar-refractivity contribution >= 4 is 0 Å². The molecule has 1 aromatic carbocycles. The number of hydrogen-bond acceptors (Lipinski definition) is 2. The molecule has 0 amide bonds. The van der Waals surface area contributed by atoms with Crippen molar-refractivity contribution < 1.29 is 13.9 Å². The van der Waals surface area contributed by atoms with Crippen LogP contribution in [0.1, 0.15) is 5.56 Å². The predicted octanol–water partition coefficient (Wildman–Crippen LogP) is 1.05. The zero-order valence-corrected chi connectivity index (χ0v) is 7.06. The summed E-state index contributed by atoms with van der Waals surface area (Å²) in [5.74, 6) is -1.17. The van der Waals surface area contributed by atoms with Gasteiger partial charge in [-0.25, -0.2) is 8.78 Å². The van der Waals surface area contributed by atoms with E-state index in [-0.39, 0.29) is 6.61 Å². The van der Waals surface area contributed by atoms with Gasteiger partial charge in [-0.3, -0.25) is 0 Å². The Morgan fingerprint density at radius 1 is 1.15 bits per heavy atom. The molecule has 1 aromatic rings. The Labute approximate surface area is 75.2 Å². The lowest BCUT2D eigenvalue weighted by molar-refractivity contribution is 0.292. The van der Waals surface area contributed by atoms with E-state index in [1.54, 1.807) is 0 Å². The van der Waals surface area contributed by atoms with Crippen LogP contribution in [0.15, 0.2) is 18.2 Å². The summed E-state index contributed by atoms with van der Waals surface area (Å²) in [5, 5.41) is 11.3. The SMILES string of the molecule is OCCNCc1cc(F)cc(F)c1. The standard InChI is InChI=1S/C9H11F2NO/c10-8-3-7(4-9(11)5-8)6-12-1-2-13/h3-5,12-13H,1-2,6H2. The summed E-state index contributed by atoms with van der Waals surface area (Å²) in [6.07, 6.45) is 0. The summed E-state index contributed by atoms with van der Waals surface area (Å²) in [4.78, 5) is 0. The Hall–Kier alpha value is -1.00. The average molecular weight is 187 g/mol. The van der Waals surface area contributed by atoms with Crippen molar-refractivity contribution in [2.75, 3.05) is 13.2 Å². The van der Waals surface area contributed by atoms with Gasteiger partial charge in [-0.2, -0.15) is 0 Å². The number of aliphatic hydroxyl groups is 1. The molecule has 13 heavy (non-hydrogen) atoms. The molecule has 0 radical (unpaired) electrons. The van der Waals surface area contributed by atoms with E-state index in [4.69, 9.17) is 5.11 Å². The molecule has 0 atom stereocenters. The van der Waals surface area contributed by atoms with E-state index in [0.29, 0.717) is 18.7 Å². The van der Waals surface area contributed by atoms with Crippen molar-refractivity contribution in [3.05, 3.63) is 35.4 Å². The molecule has 0 saturated heterocycles.